The Morgan fingerprint density at radius 2 is 1.85 bits per heavy atom. The van der Waals surface area contributed by atoms with Crippen LogP contribution in [0, 0.1) is 0 Å². The molecule has 0 saturated carbocycles. The Balaban J connectivity index is 2.12. The van der Waals surface area contributed by atoms with E-state index in [1.165, 1.54) is 4.90 Å². The zero-order valence-electron chi connectivity index (χ0n) is 12.3. The number of benzene rings is 1. The van der Waals surface area contributed by atoms with Crippen molar-refractivity contribution < 1.29 is 19.4 Å². The molecule has 5 heteroatoms. The third-order valence-corrected chi connectivity index (χ3v) is 3.09. The van der Waals surface area contributed by atoms with E-state index in [0.717, 1.165) is 0 Å². The lowest BCUT2D eigenvalue weighted by Crippen LogP contribution is -2.52. The minimum absolute atomic E-state index is 0.200. The largest absolute Gasteiger partial charge is 0.482 e. The topological polar surface area (TPSA) is 59.0 Å². The molecule has 0 aromatic heterocycles. The van der Waals surface area contributed by atoms with Crippen LogP contribution in [0.1, 0.15) is 20.8 Å². The molecule has 0 spiro atoms. The summed E-state index contributed by atoms with van der Waals surface area (Å²) in [5.74, 6) is 1.02. The highest BCUT2D eigenvalue weighted by molar-refractivity contribution is 5.82. The molecule has 110 valence electrons. The van der Waals surface area contributed by atoms with Gasteiger partial charge in [0.15, 0.2) is 11.5 Å². The van der Waals surface area contributed by atoms with E-state index >= 15 is 0 Å². The van der Waals surface area contributed by atoms with Crippen molar-refractivity contribution in [1.82, 2.24) is 4.90 Å². The fourth-order valence-electron chi connectivity index (χ4n) is 2.27. The van der Waals surface area contributed by atoms with Crippen molar-refractivity contribution in [2.45, 2.75) is 38.6 Å². The lowest BCUT2D eigenvalue weighted by Gasteiger charge is -2.34. The maximum absolute atomic E-state index is 12.4. The van der Waals surface area contributed by atoms with E-state index < -0.39 is 11.7 Å². The van der Waals surface area contributed by atoms with Crippen molar-refractivity contribution in [2.24, 2.45) is 0 Å². The number of hydrogen-bond donors (Lipinski definition) is 1. The molecule has 5 nitrogen and oxygen atoms in total. The summed E-state index contributed by atoms with van der Waals surface area (Å²) in [6, 6.07) is 7.28. The average molecular weight is 279 g/mol. The molecule has 1 amide bonds. The van der Waals surface area contributed by atoms with Gasteiger partial charge in [-0.2, -0.15) is 0 Å². The Morgan fingerprint density at radius 3 is 2.40 bits per heavy atom. The molecule has 1 aromatic carbocycles. The first kappa shape index (κ1) is 14.7. The second kappa shape index (κ2) is 5.32. The Morgan fingerprint density at radius 1 is 1.30 bits per heavy atom. The van der Waals surface area contributed by atoms with Crippen LogP contribution in [0.5, 0.6) is 11.5 Å². The summed E-state index contributed by atoms with van der Waals surface area (Å²) in [5.41, 5.74) is -0.943. The molecule has 1 heterocycles. The van der Waals surface area contributed by atoms with Gasteiger partial charge in [-0.1, -0.05) is 12.1 Å². The number of fused-ring (bicyclic) bond motifs is 1. The van der Waals surface area contributed by atoms with Crippen LogP contribution in [-0.2, 0) is 4.79 Å². The predicted octanol–water partition coefficient (Wildman–Crippen LogP) is 1.44. The van der Waals surface area contributed by atoms with Gasteiger partial charge in [0.2, 0.25) is 6.10 Å². The van der Waals surface area contributed by atoms with E-state index in [1.807, 2.05) is 18.2 Å². The molecule has 1 aliphatic heterocycles. The molecule has 0 bridgehead atoms. The normalized spacial score (nSPS) is 21.4. The number of para-hydroxylation sites is 2. The Bertz CT molecular complexity index is 495. The van der Waals surface area contributed by atoms with Crippen molar-refractivity contribution in [3.05, 3.63) is 24.3 Å². The van der Waals surface area contributed by atoms with E-state index in [0.29, 0.717) is 11.5 Å². The molecule has 2 atom stereocenters. The zero-order valence-corrected chi connectivity index (χ0v) is 12.3. The van der Waals surface area contributed by atoms with E-state index in [4.69, 9.17) is 9.47 Å². The number of hydrogen-bond acceptors (Lipinski definition) is 4. The van der Waals surface area contributed by atoms with Crippen LogP contribution in [0.15, 0.2) is 24.3 Å². The maximum Gasteiger partial charge on any atom is 0.267 e. The molecular formula is C15H21NO4. The fourth-order valence-corrected chi connectivity index (χ4v) is 2.27. The number of carbonyl (C=O) groups excluding carboxylic acids is 1. The van der Waals surface area contributed by atoms with Crippen molar-refractivity contribution >= 4 is 5.91 Å². The molecular weight excluding hydrogens is 258 g/mol. The Labute approximate surface area is 119 Å². The van der Waals surface area contributed by atoms with E-state index in [2.05, 4.69) is 0 Å². The maximum atomic E-state index is 12.4. The Kier molecular flexibility index (Phi) is 3.90. The fraction of sp³-hybridized carbons (Fsp3) is 0.533. The van der Waals surface area contributed by atoms with Gasteiger partial charge in [0, 0.05) is 13.6 Å². The molecule has 1 N–H and O–H groups in total. The summed E-state index contributed by atoms with van der Waals surface area (Å²) in [4.78, 5) is 13.9. The van der Waals surface area contributed by atoms with E-state index in [9.17, 15) is 9.90 Å². The molecule has 2 unspecified atom stereocenters. The zero-order chi connectivity index (χ0) is 14.9. The van der Waals surface area contributed by atoms with Crippen molar-refractivity contribution in [2.75, 3.05) is 13.6 Å². The lowest BCUT2D eigenvalue weighted by molar-refractivity contribution is -0.145. The summed E-state index contributed by atoms with van der Waals surface area (Å²) in [5, 5.41) is 9.79. The van der Waals surface area contributed by atoms with Gasteiger partial charge in [-0.3, -0.25) is 4.79 Å². The predicted molar refractivity (Wildman–Crippen MR) is 74.9 cm³/mol. The summed E-state index contributed by atoms with van der Waals surface area (Å²) in [6.45, 7) is 5.36. The van der Waals surface area contributed by atoms with Gasteiger partial charge in [-0.25, -0.2) is 0 Å². The van der Waals surface area contributed by atoms with Gasteiger partial charge < -0.3 is 19.5 Å². The summed E-state index contributed by atoms with van der Waals surface area (Å²) < 4.78 is 11.5. The minimum Gasteiger partial charge on any atom is -0.482 e. The average Bonchev–Trinajstić information content (AvgIpc) is 2.35. The summed E-state index contributed by atoms with van der Waals surface area (Å²) in [6.07, 6.45) is -1.07. The van der Waals surface area contributed by atoms with Crippen molar-refractivity contribution in [3.63, 3.8) is 0 Å². The Hall–Kier alpha value is -1.75. The molecule has 2 rings (SSSR count). The minimum atomic E-state index is -0.943. The molecule has 0 radical (unpaired) electrons. The van der Waals surface area contributed by atoms with Crippen LogP contribution in [0.2, 0.25) is 0 Å². The highest BCUT2D eigenvalue weighted by atomic mass is 16.6. The van der Waals surface area contributed by atoms with Crippen LogP contribution in [0.4, 0.5) is 0 Å². The number of aliphatic hydroxyl groups is 1. The highest BCUT2D eigenvalue weighted by Crippen LogP contribution is 2.33. The third kappa shape index (κ3) is 3.22. The molecule has 20 heavy (non-hydrogen) atoms. The van der Waals surface area contributed by atoms with Crippen molar-refractivity contribution in [1.29, 1.82) is 0 Å². The van der Waals surface area contributed by atoms with Gasteiger partial charge in [0.05, 0.1) is 5.60 Å². The number of likely N-dealkylation sites (N-methyl/N-ethyl adjacent to an activating group) is 1. The summed E-state index contributed by atoms with van der Waals surface area (Å²) in [7, 11) is 1.65. The van der Waals surface area contributed by atoms with Gasteiger partial charge >= 0.3 is 0 Å². The second-order valence-electron chi connectivity index (χ2n) is 5.81. The first-order chi connectivity index (χ1) is 9.28. The SMILES string of the molecule is CC1Oc2ccccc2OC1C(=O)N(C)CC(C)(C)O. The first-order valence-electron chi connectivity index (χ1n) is 6.67. The summed E-state index contributed by atoms with van der Waals surface area (Å²) >= 11 is 0. The van der Waals surface area contributed by atoms with Crippen LogP contribution in [0.3, 0.4) is 0 Å². The van der Waals surface area contributed by atoms with Gasteiger partial charge in [0.1, 0.15) is 6.10 Å². The lowest BCUT2D eigenvalue weighted by atomic mass is 10.1. The number of rotatable bonds is 3. The molecule has 1 aromatic rings. The molecule has 0 saturated heterocycles. The highest BCUT2D eigenvalue weighted by Gasteiger charge is 2.36. The smallest absolute Gasteiger partial charge is 0.267 e. The van der Waals surface area contributed by atoms with E-state index in [-0.39, 0.29) is 18.6 Å². The van der Waals surface area contributed by atoms with Gasteiger partial charge in [-0.15, -0.1) is 0 Å². The van der Waals surface area contributed by atoms with Crippen LogP contribution in [0.25, 0.3) is 0 Å². The van der Waals surface area contributed by atoms with Gasteiger partial charge in [0.25, 0.3) is 5.91 Å². The number of ether oxygens (including phenoxy) is 2. The van der Waals surface area contributed by atoms with Gasteiger partial charge in [-0.05, 0) is 32.9 Å². The second-order valence-corrected chi connectivity index (χ2v) is 5.81. The standard InChI is InChI=1S/C15H21NO4/c1-10-13(14(17)16(4)9-15(2,3)18)20-12-8-6-5-7-11(12)19-10/h5-8,10,13,18H,9H2,1-4H3. The van der Waals surface area contributed by atoms with Crippen LogP contribution >= 0.6 is 0 Å². The monoisotopic (exact) mass is 279 g/mol. The third-order valence-electron chi connectivity index (χ3n) is 3.09. The molecule has 1 aliphatic rings. The molecule has 0 fully saturated rings. The number of amides is 1. The van der Waals surface area contributed by atoms with Crippen LogP contribution in [-0.4, -0.2) is 47.3 Å². The van der Waals surface area contributed by atoms with E-state index in [1.54, 1.807) is 33.9 Å². The first-order valence-corrected chi connectivity index (χ1v) is 6.67. The van der Waals surface area contributed by atoms with Crippen molar-refractivity contribution in [3.8, 4) is 11.5 Å². The number of carbonyl (C=O) groups is 1. The van der Waals surface area contributed by atoms with Crippen LogP contribution < -0.4 is 9.47 Å². The number of nitrogens with zero attached hydrogens (tertiary/aromatic N) is 1. The quantitative estimate of drug-likeness (QED) is 0.909. The molecule has 0 aliphatic carbocycles.